The number of amides is 4. The van der Waals surface area contributed by atoms with Gasteiger partial charge in [-0.15, -0.1) is 0 Å². The number of nitrogens with two attached hydrogens (primary N) is 3. The number of carboxylic acids is 1. The zero-order chi connectivity index (χ0) is 20.8. The van der Waals surface area contributed by atoms with Crippen LogP contribution in [0.15, 0.2) is 0 Å². The van der Waals surface area contributed by atoms with E-state index < -0.39 is 54.8 Å². The Bertz CT molecular complexity index is 541. The zero-order valence-corrected chi connectivity index (χ0v) is 15.0. The third-order valence-corrected chi connectivity index (χ3v) is 3.47. The van der Waals surface area contributed by atoms with Crippen LogP contribution in [-0.2, 0) is 24.0 Å². The van der Waals surface area contributed by atoms with Gasteiger partial charge in [0.25, 0.3) is 0 Å². The van der Waals surface area contributed by atoms with Crippen LogP contribution in [-0.4, -0.2) is 66.4 Å². The molecule has 0 spiro atoms. The second-order valence-corrected chi connectivity index (χ2v) is 5.85. The Morgan fingerprint density at radius 2 is 1.56 bits per heavy atom. The van der Waals surface area contributed by atoms with Gasteiger partial charge in [-0.3, -0.25) is 24.0 Å². The van der Waals surface area contributed by atoms with E-state index >= 15 is 0 Å². The fraction of sp³-hybridized carbons (Fsp3) is 0.667. The number of carboxylic acid groups (broad SMARTS) is 1. The normalized spacial score (nSPS) is 12.5. The van der Waals surface area contributed by atoms with Crippen LogP contribution in [0.25, 0.3) is 0 Å². The first kappa shape index (κ1) is 24.3. The summed E-state index contributed by atoms with van der Waals surface area (Å²) in [5.74, 6) is -3.74. The van der Waals surface area contributed by atoms with Gasteiger partial charge < -0.3 is 38.3 Å². The maximum absolute atomic E-state index is 12.0. The molecule has 0 heterocycles. The molecule has 0 aromatic rings. The standard InChI is InChI=1S/C15H28N6O6/c16-6-2-1-3-10(15(27)20-8-13(24)25)21-12(23)7-19-14(26)9(17)4-5-11(18)22/h9-10H,1-8,16-17H2,(H2,18,22)(H,19,26)(H,20,27)(H,21,23)(H,24,25). The van der Waals surface area contributed by atoms with Crippen molar-refractivity contribution in [3.8, 4) is 0 Å². The Morgan fingerprint density at radius 3 is 2.11 bits per heavy atom. The first-order valence-corrected chi connectivity index (χ1v) is 8.47. The molecular weight excluding hydrogens is 360 g/mol. The first-order valence-electron chi connectivity index (χ1n) is 8.47. The second kappa shape index (κ2) is 13.5. The Morgan fingerprint density at radius 1 is 0.926 bits per heavy atom. The number of nitrogens with one attached hydrogen (secondary N) is 3. The van der Waals surface area contributed by atoms with Crippen molar-refractivity contribution in [2.75, 3.05) is 19.6 Å². The third kappa shape index (κ3) is 12.3. The minimum absolute atomic E-state index is 0.0437. The monoisotopic (exact) mass is 388 g/mol. The van der Waals surface area contributed by atoms with E-state index in [0.717, 1.165) is 0 Å². The predicted octanol–water partition coefficient (Wildman–Crippen LogP) is -3.49. The molecule has 0 saturated carbocycles. The van der Waals surface area contributed by atoms with Crippen molar-refractivity contribution in [2.24, 2.45) is 17.2 Å². The van der Waals surface area contributed by atoms with Gasteiger partial charge in [-0.2, -0.15) is 0 Å². The Hall–Kier alpha value is -2.73. The van der Waals surface area contributed by atoms with Crippen LogP contribution in [0.1, 0.15) is 32.1 Å². The molecule has 0 aliphatic rings. The van der Waals surface area contributed by atoms with E-state index in [2.05, 4.69) is 16.0 Å². The Balaban J connectivity index is 4.51. The highest BCUT2D eigenvalue weighted by Crippen LogP contribution is 2.01. The lowest BCUT2D eigenvalue weighted by molar-refractivity contribution is -0.138. The van der Waals surface area contributed by atoms with Gasteiger partial charge >= 0.3 is 5.97 Å². The summed E-state index contributed by atoms with van der Waals surface area (Å²) >= 11 is 0. The molecule has 2 atom stereocenters. The fourth-order valence-corrected chi connectivity index (χ4v) is 2.02. The summed E-state index contributed by atoms with van der Waals surface area (Å²) in [4.78, 5) is 56.9. The average molecular weight is 388 g/mol. The number of carbonyl (C=O) groups excluding carboxylic acids is 4. The highest BCUT2D eigenvalue weighted by Gasteiger charge is 2.22. The molecule has 0 aromatic heterocycles. The second-order valence-electron chi connectivity index (χ2n) is 5.85. The molecule has 4 amide bonds. The quantitative estimate of drug-likeness (QED) is 0.148. The zero-order valence-electron chi connectivity index (χ0n) is 15.0. The highest BCUT2D eigenvalue weighted by atomic mass is 16.4. The van der Waals surface area contributed by atoms with E-state index in [1.807, 2.05) is 0 Å². The molecule has 0 aliphatic carbocycles. The number of unbranched alkanes of at least 4 members (excludes halogenated alkanes) is 1. The van der Waals surface area contributed by atoms with E-state index in [0.29, 0.717) is 19.4 Å². The van der Waals surface area contributed by atoms with Crippen molar-refractivity contribution < 1.29 is 29.1 Å². The smallest absolute Gasteiger partial charge is 0.322 e. The number of primary amides is 1. The van der Waals surface area contributed by atoms with Gasteiger partial charge in [0.1, 0.15) is 12.6 Å². The number of aliphatic carboxylic acids is 1. The molecule has 0 aromatic carbocycles. The molecule has 2 unspecified atom stereocenters. The molecule has 10 N–H and O–H groups in total. The van der Waals surface area contributed by atoms with Crippen molar-refractivity contribution in [3.63, 3.8) is 0 Å². The molecule has 0 saturated heterocycles. The van der Waals surface area contributed by atoms with Gasteiger partial charge in [0, 0.05) is 6.42 Å². The highest BCUT2D eigenvalue weighted by molar-refractivity contribution is 5.92. The summed E-state index contributed by atoms with van der Waals surface area (Å²) in [6, 6.07) is -1.95. The molecule has 0 rings (SSSR count). The minimum atomic E-state index is -1.22. The molecule has 154 valence electrons. The lowest BCUT2D eigenvalue weighted by atomic mass is 10.1. The Labute approximate surface area is 156 Å². The SMILES string of the molecule is NCCCCC(NC(=O)CNC(=O)C(N)CCC(N)=O)C(=O)NCC(=O)O. The fourth-order valence-electron chi connectivity index (χ4n) is 2.02. The van der Waals surface area contributed by atoms with Gasteiger partial charge in [0.15, 0.2) is 0 Å². The topological polar surface area (TPSA) is 220 Å². The van der Waals surface area contributed by atoms with Crippen LogP contribution in [0.2, 0.25) is 0 Å². The molecule has 27 heavy (non-hydrogen) atoms. The van der Waals surface area contributed by atoms with Crippen molar-refractivity contribution in [1.29, 1.82) is 0 Å². The molecule has 12 heteroatoms. The lowest BCUT2D eigenvalue weighted by Crippen LogP contribution is -2.51. The minimum Gasteiger partial charge on any atom is -0.480 e. The number of hydrogen-bond acceptors (Lipinski definition) is 7. The van der Waals surface area contributed by atoms with Gasteiger partial charge in [-0.1, -0.05) is 0 Å². The summed E-state index contributed by atoms with van der Waals surface area (Å²) < 4.78 is 0. The van der Waals surface area contributed by atoms with Crippen LogP contribution >= 0.6 is 0 Å². The van der Waals surface area contributed by atoms with Gasteiger partial charge in [-0.05, 0) is 32.2 Å². The summed E-state index contributed by atoms with van der Waals surface area (Å²) in [5.41, 5.74) is 15.9. The molecule has 0 bridgehead atoms. The Kier molecular flexibility index (Phi) is 12.1. The molecular formula is C15H28N6O6. The van der Waals surface area contributed by atoms with E-state index in [4.69, 9.17) is 22.3 Å². The van der Waals surface area contributed by atoms with Gasteiger partial charge in [0.2, 0.25) is 23.6 Å². The van der Waals surface area contributed by atoms with Crippen LogP contribution in [0.3, 0.4) is 0 Å². The lowest BCUT2D eigenvalue weighted by Gasteiger charge is -2.18. The molecule has 0 radical (unpaired) electrons. The molecule has 0 fully saturated rings. The molecule has 0 aliphatic heterocycles. The summed E-state index contributed by atoms with van der Waals surface area (Å²) in [7, 11) is 0. The van der Waals surface area contributed by atoms with Crippen molar-refractivity contribution in [3.05, 3.63) is 0 Å². The number of hydrogen-bond donors (Lipinski definition) is 7. The maximum atomic E-state index is 12.0. The van der Waals surface area contributed by atoms with E-state index in [1.165, 1.54) is 0 Å². The molecule has 12 nitrogen and oxygen atoms in total. The van der Waals surface area contributed by atoms with Crippen LogP contribution in [0.4, 0.5) is 0 Å². The van der Waals surface area contributed by atoms with Crippen molar-refractivity contribution in [2.45, 2.75) is 44.2 Å². The van der Waals surface area contributed by atoms with Crippen LogP contribution < -0.4 is 33.2 Å². The number of rotatable bonds is 14. The van der Waals surface area contributed by atoms with E-state index in [1.54, 1.807) is 0 Å². The average Bonchev–Trinajstić information content (AvgIpc) is 2.61. The number of carbonyl (C=O) groups is 5. The first-order chi connectivity index (χ1) is 12.7. The largest absolute Gasteiger partial charge is 0.480 e. The van der Waals surface area contributed by atoms with Crippen LogP contribution in [0, 0.1) is 0 Å². The maximum Gasteiger partial charge on any atom is 0.322 e. The van der Waals surface area contributed by atoms with E-state index in [-0.39, 0.29) is 19.3 Å². The van der Waals surface area contributed by atoms with Crippen LogP contribution in [0.5, 0.6) is 0 Å². The van der Waals surface area contributed by atoms with E-state index in [9.17, 15) is 24.0 Å². The summed E-state index contributed by atoms with van der Waals surface area (Å²) in [6.45, 7) is -0.590. The predicted molar refractivity (Wildman–Crippen MR) is 94.9 cm³/mol. The van der Waals surface area contributed by atoms with Gasteiger partial charge in [-0.25, -0.2) is 0 Å². The third-order valence-electron chi connectivity index (χ3n) is 3.47. The van der Waals surface area contributed by atoms with Gasteiger partial charge in [0.05, 0.1) is 12.6 Å². The summed E-state index contributed by atoms with van der Waals surface area (Å²) in [6.07, 6.45) is 1.42. The van der Waals surface area contributed by atoms with Crippen molar-refractivity contribution in [1.82, 2.24) is 16.0 Å². The summed E-state index contributed by atoms with van der Waals surface area (Å²) in [5, 5.41) is 15.5. The van der Waals surface area contributed by atoms with Crippen molar-refractivity contribution >= 4 is 29.6 Å².